The Labute approximate surface area is 264 Å². The third-order valence-electron chi connectivity index (χ3n) is 6.06. The van der Waals surface area contributed by atoms with E-state index in [-0.39, 0.29) is 53.8 Å². The number of carbonyl (C=O) groups excluding carboxylic acids is 3. The van der Waals surface area contributed by atoms with Crippen molar-refractivity contribution in [3.8, 4) is 0 Å². The van der Waals surface area contributed by atoms with Crippen LogP contribution in [0.3, 0.4) is 0 Å². The number of amides is 3. The standard InChI is InChI=1S/C32H57N3O9/c1-9-30(36)33-14-24(4)17-39-12-13-42-29(22-40-20-27(7)43-18-25(5)15-34-31(37)10-2)23-41-21-28(8)44-19-26(6)16-35-32(38)11-3/h9-11,24-29H,1-3,12-23H2,4-8H3,(H,33,36)(H,34,37)(H,35,38). The summed E-state index contributed by atoms with van der Waals surface area (Å²) in [5.74, 6) is -0.187. The molecule has 0 aromatic carbocycles. The highest BCUT2D eigenvalue weighted by Gasteiger charge is 2.15. The monoisotopic (exact) mass is 627 g/mol. The van der Waals surface area contributed by atoms with Gasteiger partial charge in [-0.25, -0.2) is 0 Å². The average molecular weight is 628 g/mol. The van der Waals surface area contributed by atoms with E-state index in [2.05, 4.69) is 35.7 Å². The Bertz CT molecular complexity index is 781. The Hall–Kier alpha value is -2.61. The molecule has 0 aliphatic rings. The molecule has 3 N–H and O–H groups in total. The van der Waals surface area contributed by atoms with Gasteiger partial charge in [0.15, 0.2) is 0 Å². The minimum Gasteiger partial charge on any atom is -0.379 e. The molecule has 0 rings (SSSR count). The summed E-state index contributed by atoms with van der Waals surface area (Å²) in [6.07, 6.45) is 3.11. The summed E-state index contributed by atoms with van der Waals surface area (Å²) in [7, 11) is 0. The fraction of sp³-hybridized carbons (Fsp3) is 0.719. The summed E-state index contributed by atoms with van der Waals surface area (Å²) < 4.78 is 35.2. The van der Waals surface area contributed by atoms with Crippen LogP contribution in [0.25, 0.3) is 0 Å². The fourth-order valence-electron chi connectivity index (χ4n) is 3.40. The van der Waals surface area contributed by atoms with Crippen LogP contribution in [-0.2, 0) is 42.8 Å². The van der Waals surface area contributed by atoms with Crippen molar-refractivity contribution in [2.75, 3.05) is 79.1 Å². The molecular formula is C32H57N3O9. The van der Waals surface area contributed by atoms with Crippen LogP contribution in [-0.4, -0.2) is 115 Å². The van der Waals surface area contributed by atoms with Crippen LogP contribution in [0.2, 0.25) is 0 Å². The molecular weight excluding hydrogens is 570 g/mol. The van der Waals surface area contributed by atoms with Crippen LogP contribution in [0, 0.1) is 17.8 Å². The van der Waals surface area contributed by atoms with Gasteiger partial charge in [-0.15, -0.1) is 0 Å². The first kappa shape index (κ1) is 41.4. The van der Waals surface area contributed by atoms with Gasteiger partial charge in [0.1, 0.15) is 6.10 Å². The van der Waals surface area contributed by atoms with E-state index in [0.717, 1.165) is 0 Å². The van der Waals surface area contributed by atoms with E-state index in [0.29, 0.717) is 79.1 Å². The van der Waals surface area contributed by atoms with Crippen LogP contribution in [0.4, 0.5) is 0 Å². The topological polar surface area (TPSA) is 143 Å². The lowest BCUT2D eigenvalue weighted by Crippen LogP contribution is -2.32. The molecule has 0 fully saturated rings. The Morgan fingerprint density at radius 2 is 0.909 bits per heavy atom. The Balaban J connectivity index is 4.54. The van der Waals surface area contributed by atoms with Gasteiger partial charge >= 0.3 is 0 Å². The van der Waals surface area contributed by atoms with Gasteiger partial charge in [-0.2, -0.15) is 0 Å². The molecule has 0 aliphatic heterocycles. The summed E-state index contributed by atoms with van der Waals surface area (Å²) in [6.45, 7) is 25.2. The van der Waals surface area contributed by atoms with Crippen molar-refractivity contribution in [3.63, 3.8) is 0 Å². The van der Waals surface area contributed by atoms with Crippen molar-refractivity contribution in [2.24, 2.45) is 17.8 Å². The van der Waals surface area contributed by atoms with Gasteiger partial charge in [-0.05, 0) is 49.8 Å². The molecule has 0 aromatic rings. The zero-order valence-electron chi connectivity index (χ0n) is 27.5. The Morgan fingerprint density at radius 1 is 0.523 bits per heavy atom. The number of rotatable bonds is 29. The van der Waals surface area contributed by atoms with Gasteiger partial charge in [0.25, 0.3) is 0 Å². The first-order valence-electron chi connectivity index (χ1n) is 15.3. The number of hydrogen-bond acceptors (Lipinski definition) is 9. The molecule has 0 saturated carbocycles. The highest BCUT2D eigenvalue weighted by atomic mass is 16.6. The minimum absolute atomic E-state index is 0.143. The smallest absolute Gasteiger partial charge is 0.243 e. The van der Waals surface area contributed by atoms with E-state index in [1.807, 2.05) is 34.6 Å². The zero-order chi connectivity index (χ0) is 33.2. The maximum atomic E-state index is 11.3. The van der Waals surface area contributed by atoms with Crippen molar-refractivity contribution in [1.82, 2.24) is 16.0 Å². The van der Waals surface area contributed by atoms with Gasteiger partial charge in [0.2, 0.25) is 17.7 Å². The van der Waals surface area contributed by atoms with Crippen molar-refractivity contribution in [2.45, 2.75) is 52.9 Å². The summed E-state index contributed by atoms with van der Waals surface area (Å²) >= 11 is 0. The highest BCUT2D eigenvalue weighted by molar-refractivity contribution is 5.87. The van der Waals surface area contributed by atoms with Gasteiger partial charge in [-0.1, -0.05) is 40.5 Å². The van der Waals surface area contributed by atoms with Crippen LogP contribution >= 0.6 is 0 Å². The quantitative estimate of drug-likeness (QED) is 0.0839. The van der Waals surface area contributed by atoms with Gasteiger partial charge in [-0.3, -0.25) is 14.4 Å². The molecule has 5 atom stereocenters. The van der Waals surface area contributed by atoms with E-state index in [9.17, 15) is 14.4 Å². The van der Waals surface area contributed by atoms with Crippen molar-refractivity contribution in [3.05, 3.63) is 38.0 Å². The highest BCUT2D eigenvalue weighted by Crippen LogP contribution is 2.04. The van der Waals surface area contributed by atoms with Crippen molar-refractivity contribution >= 4 is 17.7 Å². The SMILES string of the molecule is C=CC(=O)NCC(C)COCCOC(COCC(C)OCC(C)CNC(=O)C=C)COCC(C)OCC(C)CNC(=O)C=C. The predicted molar refractivity (Wildman–Crippen MR) is 170 cm³/mol. The Kier molecular flexibility index (Phi) is 25.2. The van der Waals surface area contributed by atoms with Gasteiger partial charge in [0.05, 0.1) is 71.7 Å². The molecule has 12 nitrogen and oxygen atoms in total. The number of hydrogen-bond donors (Lipinski definition) is 3. The second-order valence-electron chi connectivity index (χ2n) is 11.1. The zero-order valence-corrected chi connectivity index (χ0v) is 27.5. The fourth-order valence-corrected chi connectivity index (χ4v) is 3.40. The first-order valence-corrected chi connectivity index (χ1v) is 15.3. The number of carbonyl (C=O) groups is 3. The predicted octanol–water partition coefficient (Wildman–Crippen LogP) is 2.05. The maximum absolute atomic E-state index is 11.3. The lowest BCUT2D eigenvalue weighted by atomic mass is 10.2. The van der Waals surface area contributed by atoms with Crippen molar-refractivity contribution in [1.29, 1.82) is 0 Å². The molecule has 0 bridgehead atoms. The first-order chi connectivity index (χ1) is 21.0. The van der Waals surface area contributed by atoms with E-state index in [4.69, 9.17) is 28.4 Å². The van der Waals surface area contributed by atoms with E-state index in [1.165, 1.54) is 18.2 Å². The summed E-state index contributed by atoms with van der Waals surface area (Å²) in [5.41, 5.74) is 0. The summed E-state index contributed by atoms with van der Waals surface area (Å²) in [4.78, 5) is 34.0. The van der Waals surface area contributed by atoms with Crippen molar-refractivity contribution < 1.29 is 42.8 Å². The minimum atomic E-state index is -0.330. The van der Waals surface area contributed by atoms with Gasteiger partial charge < -0.3 is 44.4 Å². The van der Waals surface area contributed by atoms with Crippen LogP contribution in [0.15, 0.2) is 38.0 Å². The molecule has 3 amide bonds. The summed E-state index contributed by atoms with van der Waals surface area (Å²) in [5, 5.41) is 8.27. The molecule has 0 aromatic heterocycles. The number of ether oxygens (including phenoxy) is 6. The second kappa shape index (κ2) is 26.8. The van der Waals surface area contributed by atoms with Crippen LogP contribution in [0.1, 0.15) is 34.6 Å². The third-order valence-corrected chi connectivity index (χ3v) is 6.06. The second-order valence-corrected chi connectivity index (χ2v) is 11.1. The molecule has 12 heteroatoms. The lowest BCUT2D eigenvalue weighted by molar-refractivity contribution is -0.117. The number of nitrogens with one attached hydrogen (secondary N) is 3. The lowest BCUT2D eigenvalue weighted by Gasteiger charge is -2.22. The van der Waals surface area contributed by atoms with Crippen LogP contribution < -0.4 is 16.0 Å². The molecule has 0 radical (unpaired) electrons. The average Bonchev–Trinajstić information content (AvgIpc) is 3.02. The summed E-state index contributed by atoms with van der Waals surface area (Å²) in [6, 6.07) is 0. The molecule has 5 unspecified atom stereocenters. The van der Waals surface area contributed by atoms with Crippen LogP contribution in [0.5, 0.6) is 0 Å². The molecule has 0 heterocycles. The molecule has 0 aliphatic carbocycles. The molecule has 44 heavy (non-hydrogen) atoms. The van der Waals surface area contributed by atoms with E-state index < -0.39 is 0 Å². The molecule has 0 saturated heterocycles. The maximum Gasteiger partial charge on any atom is 0.243 e. The van der Waals surface area contributed by atoms with E-state index >= 15 is 0 Å². The molecule has 254 valence electrons. The van der Waals surface area contributed by atoms with Gasteiger partial charge in [0, 0.05) is 19.6 Å². The largest absolute Gasteiger partial charge is 0.379 e. The third kappa shape index (κ3) is 24.8. The molecule has 0 spiro atoms. The normalized spacial score (nSPS) is 15.2. The Morgan fingerprint density at radius 3 is 1.30 bits per heavy atom. The van der Waals surface area contributed by atoms with E-state index in [1.54, 1.807) is 0 Å².